The largest absolute Gasteiger partial charge is 0.416 e. The molecule has 0 spiro atoms. The minimum Gasteiger partial charge on any atom is -0.381 e. The molecule has 0 aliphatic carbocycles. The zero-order valence-electron chi connectivity index (χ0n) is 16.1. The molecule has 0 saturated heterocycles. The van der Waals surface area contributed by atoms with E-state index in [1.807, 2.05) is 0 Å². The van der Waals surface area contributed by atoms with E-state index in [0.717, 1.165) is 0 Å². The van der Waals surface area contributed by atoms with Gasteiger partial charge in [-0.15, -0.1) is 0 Å². The zero-order valence-corrected chi connectivity index (χ0v) is 16.9. The number of alkyl halides is 3. The summed E-state index contributed by atoms with van der Waals surface area (Å²) in [5.41, 5.74) is 3.46. The molecule has 10 nitrogen and oxygen atoms in total. The molecule has 166 valence electrons. The number of benzene rings is 1. The zero-order chi connectivity index (χ0) is 23.0. The maximum Gasteiger partial charge on any atom is 0.416 e. The SMILES string of the molecule is C[C@](O)(CCc1ccc(S(N)(=O)=O)cc1-c1cnc(N)c(-n2cncn2)n1)C(F)(F)F. The molecule has 5 N–H and O–H groups in total. The standard InChI is InChI=1S/C17H18F3N7O3S/c1-16(28,17(18,19)20)5-4-10-2-3-11(31(22,29)30)6-12(10)13-7-24-14(21)15(26-13)27-9-23-8-25-27/h2-3,6-9,28H,4-5H2,1H3,(H2,21,24)(H2,22,29,30)/t16-/m0/s1. The average Bonchev–Trinajstić information content (AvgIpc) is 3.19. The molecular weight excluding hydrogens is 439 g/mol. The number of primary sulfonamides is 1. The van der Waals surface area contributed by atoms with E-state index in [9.17, 15) is 26.7 Å². The first-order valence-corrected chi connectivity index (χ1v) is 10.3. The maximum atomic E-state index is 13.0. The van der Waals surface area contributed by atoms with Gasteiger partial charge in [-0.25, -0.2) is 28.5 Å². The van der Waals surface area contributed by atoms with Gasteiger partial charge < -0.3 is 10.8 Å². The molecule has 2 aromatic heterocycles. The summed E-state index contributed by atoms with van der Waals surface area (Å²) in [5.74, 6) is 0.0858. The van der Waals surface area contributed by atoms with Crippen LogP contribution in [0.2, 0.25) is 0 Å². The molecule has 31 heavy (non-hydrogen) atoms. The number of nitrogens with two attached hydrogens (primary N) is 2. The van der Waals surface area contributed by atoms with Crippen molar-refractivity contribution < 1.29 is 26.7 Å². The molecule has 0 amide bonds. The molecule has 1 atom stereocenters. The third kappa shape index (κ3) is 4.81. The number of rotatable bonds is 6. The van der Waals surface area contributed by atoms with E-state index in [1.54, 1.807) is 0 Å². The summed E-state index contributed by atoms with van der Waals surface area (Å²) in [6.07, 6.45) is -1.96. The highest BCUT2D eigenvalue weighted by Gasteiger charge is 2.49. The molecule has 0 aliphatic heterocycles. The fourth-order valence-electron chi connectivity index (χ4n) is 2.71. The third-order valence-corrected chi connectivity index (χ3v) is 5.51. The number of hydrogen-bond acceptors (Lipinski definition) is 8. The quantitative estimate of drug-likeness (QED) is 0.497. The summed E-state index contributed by atoms with van der Waals surface area (Å²) < 4.78 is 63.9. The molecule has 0 aliphatic rings. The van der Waals surface area contributed by atoms with Crippen LogP contribution >= 0.6 is 0 Å². The van der Waals surface area contributed by atoms with Gasteiger partial charge in [-0.2, -0.15) is 23.0 Å². The summed E-state index contributed by atoms with van der Waals surface area (Å²) in [6.45, 7) is 0.664. The number of aryl methyl sites for hydroxylation is 1. The summed E-state index contributed by atoms with van der Waals surface area (Å²) in [7, 11) is -4.11. The number of halogens is 3. The Bertz CT molecular complexity index is 1200. The van der Waals surface area contributed by atoms with E-state index in [4.69, 9.17) is 10.9 Å². The van der Waals surface area contributed by atoms with E-state index in [0.29, 0.717) is 12.5 Å². The van der Waals surface area contributed by atoms with Gasteiger partial charge in [0.15, 0.2) is 17.2 Å². The molecule has 0 bridgehead atoms. The van der Waals surface area contributed by atoms with Crippen molar-refractivity contribution in [3.63, 3.8) is 0 Å². The minimum atomic E-state index is -4.84. The van der Waals surface area contributed by atoms with Crippen LogP contribution in [0.15, 0.2) is 41.9 Å². The topological polar surface area (TPSA) is 163 Å². The summed E-state index contributed by atoms with van der Waals surface area (Å²) >= 11 is 0. The Labute approximate surface area is 174 Å². The fraction of sp³-hybridized carbons (Fsp3) is 0.294. The molecule has 0 saturated carbocycles. The van der Waals surface area contributed by atoms with Gasteiger partial charge in [0.05, 0.1) is 16.8 Å². The Morgan fingerprint density at radius 1 is 1.26 bits per heavy atom. The number of aromatic nitrogens is 5. The van der Waals surface area contributed by atoms with Gasteiger partial charge in [-0.3, -0.25) is 0 Å². The van der Waals surface area contributed by atoms with E-state index >= 15 is 0 Å². The molecule has 1 aromatic carbocycles. The lowest BCUT2D eigenvalue weighted by Gasteiger charge is -2.26. The van der Waals surface area contributed by atoms with Crippen LogP contribution < -0.4 is 10.9 Å². The minimum absolute atomic E-state index is 0.00148. The first-order chi connectivity index (χ1) is 14.3. The van der Waals surface area contributed by atoms with Crippen molar-refractivity contribution in [3.05, 3.63) is 42.6 Å². The highest BCUT2D eigenvalue weighted by molar-refractivity contribution is 7.89. The number of hydrogen-bond donors (Lipinski definition) is 3. The van der Waals surface area contributed by atoms with Gasteiger partial charge in [-0.05, 0) is 37.5 Å². The smallest absolute Gasteiger partial charge is 0.381 e. The van der Waals surface area contributed by atoms with E-state index in [-0.39, 0.29) is 34.2 Å². The van der Waals surface area contributed by atoms with Gasteiger partial charge >= 0.3 is 6.18 Å². The number of sulfonamides is 1. The fourth-order valence-corrected chi connectivity index (χ4v) is 3.25. The van der Waals surface area contributed by atoms with Crippen LogP contribution in [0.1, 0.15) is 18.9 Å². The van der Waals surface area contributed by atoms with E-state index in [1.165, 1.54) is 41.7 Å². The van der Waals surface area contributed by atoms with E-state index in [2.05, 4.69) is 20.1 Å². The number of aliphatic hydroxyl groups is 1. The summed E-state index contributed by atoms with van der Waals surface area (Å²) in [4.78, 5) is 11.8. The normalized spacial score (nSPS) is 14.4. The second-order valence-corrected chi connectivity index (χ2v) is 8.50. The number of nitrogens with zero attached hydrogens (tertiary/aromatic N) is 5. The Balaban J connectivity index is 2.10. The average molecular weight is 457 g/mol. The Morgan fingerprint density at radius 3 is 2.55 bits per heavy atom. The van der Waals surface area contributed by atoms with Gasteiger partial charge in [0.1, 0.15) is 12.7 Å². The van der Waals surface area contributed by atoms with Crippen molar-refractivity contribution in [1.29, 1.82) is 0 Å². The lowest BCUT2D eigenvalue weighted by atomic mass is 9.93. The lowest BCUT2D eigenvalue weighted by molar-refractivity contribution is -0.254. The monoisotopic (exact) mass is 457 g/mol. The number of anilines is 1. The van der Waals surface area contributed by atoms with Gasteiger partial charge in [0, 0.05) is 5.56 Å². The van der Waals surface area contributed by atoms with Crippen molar-refractivity contribution in [2.24, 2.45) is 5.14 Å². The first-order valence-electron chi connectivity index (χ1n) is 8.72. The highest BCUT2D eigenvalue weighted by atomic mass is 32.2. The van der Waals surface area contributed by atoms with Crippen LogP contribution in [-0.4, -0.2) is 50.0 Å². The van der Waals surface area contributed by atoms with Crippen molar-refractivity contribution in [2.45, 2.75) is 36.4 Å². The molecule has 0 radical (unpaired) electrons. The van der Waals surface area contributed by atoms with Crippen LogP contribution in [0.4, 0.5) is 19.0 Å². The molecule has 3 aromatic rings. The maximum absolute atomic E-state index is 13.0. The molecule has 3 rings (SSSR count). The Kier molecular flexibility index (Phi) is 5.73. The molecular formula is C17H18F3N7O3S. The van der Waals surface area contributed by atoms with Crippen molar-refractivity contribution in [2.75, 3.05) is 5.73 Å². The van der Waals surface area contributed by atoms with Crippen LogP contribution in [0.5, 0.6) is 0 Å². The van der Waals surface area contributed by atoms with Crippen molar-refractivity contribution in [3.8, 4) is 17.1 Å². The third-order valence-electron chi connectivity index (χ3n) is 4.59. The first kappa shape index (κ1) is 22.6. The van der Waals surface area contributed by atoms with Gasteiger partial charge in [0.2, 0.25) is 10.0 Å². The predicted octanol–water partition coefficient (Wildman–Crippen LogP) is 1.20. The second kappa shape index (κ2) is 7.86. The summed E-state index contributed by atoms with van der Waals surface area (Å²) in [6, 6.07) is 3.66. The Hall–Kier alpha value is -3.10. The van der Waals surface area contributed by atoms with Gasteiger partial charge in [0.25, 0.3) is 0 Å². The Morgan fingerprint density at radius 2 is 1.97 bits per heavy atom. The van der Waals surface area contributed by atoms with Crippen molar-refractivity contribution in [1.82, 2.24) is 24.7 Å². The summed E-state index contributed by atoms with van der Waals surface area (Å²) in [5, 5.41) is 18.9. The lowest BCUT2D eigenvalue weighted by Crippen LogP contribution is -2.42. The van der Waals surface area contributed by atoms with Crippen LogP contribution in [-0.2, 0) is 16.4 Å². The highest BCUT2D eigenvalue weighted by Crippen LogP contribution is 2.35. The molecule has 0 unspecified atom stereocenters. The van der Waals surface area contributed by atoms with Crippen LogP contribution in [0, 0.1) is 0 Å². The molecule has 0 fully saturated rings. The molecule has 14 heteroatoms. The molecule has 2 heterocycles. The number of nitrogen functional groups attached to an aromatic ring is 1. The predicted molar refractivity (Wildman–Crippen MR) is 103 cm³/mol. The second-order valence-electron chi connectivity index (χ2n) is 6.94. The van der Waals surface area contributed by atoms with Crippen LogP contribution in [0.25, 0.3) is 17.1 Å². The van der Waals surface area contributed by atoms with Gasteiger partial charge in [-0.1, -0.05) is 6.07 Å². The van der Waals surface area contributed by atoms with E-state index < -0.39 is 28.2 Å². The van der Waals surface area contributed by atoms with Crippen LogP contribution in [0.3, 0.4) is 0 Å². The van der Waals surface area contributed by atoms with Crippen molar-refractivity contribution >= 4 is 15.8 Å².